The smallest absolute Gasteiger partial charge is 0.269 e. The van der Waals surface area contributed by atoms with Crippen LogP contribution in [0.4, 0.5) is 10.1 Å². The maximum absolute atomic E-state index is 13.3. The molecule has 4 rings (SSSR count). The van der Waals surface area contributed by atoms with E-state index in [4.69, 9.17) is 9.47 Å². The van der Waals surface area contributed by atoms with Gasteiger partial charge in [-0.15, -0.1) is 10.2 Å². The van der Waals surface area contributed by atoms with Crippen LogP contribution >= 0.6 is 11.8 Å². The number of nitro benzene ring substituents is 1. The van der Waals surface area contributed by atoms with Crippen LogP contribution < -0.4 is 14.8 Å². The van der Waals surface area contributed by atoms with Crippen molar-refractivity contribution in [2.75, 3.05) is 14.2 Å². The molecule has 0 fully saturated rings. The number of thioether (sulfide) groups is 1. The fourth-order valence-corrected chi connectivity index (χ4v) is 4.67. The highest BCUT2D eigenvalue weighted by Gasteiger charge is 2.25. The molecule has 0 spiro atoms. The molecule has 1 atom stereocenters. The van der Waals surface area contributed by atoms with E-state index < -0.39 is 16.9 Å². The van der Waals surface area contributed by atoms with Gasteiger partial charge in [-0.05, 0) is 48.9 Å². The van der Waals surface area contributed by atoms with Crippen LogP contribution in [-0.4, -0.2) is 39.8 Å². The number of hydrogen-bond acceptors (Lipinski definition) is 8. The second-order valence-corrected chi connectivity index (χ2v) is 9.04. The third kappa shape index (κ3) is 5.75. The van der Waals surface area contributed by atoms with Crippen molar-refractivity contribution in [2.24, 2.45) is 0 Å². The number of methoxy groups -OCH3 is 2. The molecule has 0 bridgehead atoms. The maximum atomic E-state index is 13.3. The first kappa shape index (κ1) is 26.6. The van der Waals surface area contributed by atoms with Gasteiger partial charge in [-0.1, -0.05) is 30.0 Å². The Hall–Kier alpha value is -4.45. The van der Waals surface area contributed by atoms with Gasteiger partial charge in [0, 0.05) is 23.6 Å². The molecule has 38 heavy (non-hydrogen) atoms. The SMILES string of the molecule is COc1cccc(OC)c1C(=O)NC(C)c1nnc(SCc2ccc(F)cc2)n1-c1ccc([N+](=O)[O-])cc1. The minimum atomic E-state index is -0.625. The Bertz CT molecular complexity index is 1420. The Kier molecular flexibility index (Phi) is 8.22. The number of carbonyl (C=O) groups excluding carboxylic acids is 1. The zero-order valence-corrected chi connectivity index (χ0v) is 21.6. The lowest BCUT2D eigenvalue weighted by atomic mass is 10.1. The summed E-state index contributed by atoms with van der Waals surface area (Å²) < 4.78 is 25.7. The number of non-ortho nitro benzene ring substituents is 1. The number of nitro groups is 1. The fourth-order valence-electron chi connectivity index (χ4n) is 3.76. The van der Waals surface area contributed by atoms with Crippen molar-refractivity contribution < 1.29 is 23.6 Å². The molecule has 10 nitrogen and oxygen atoms in total. The molecule has 0 radical (unpaired) electrons. The van der Waals surface area contributed by atoms with Crippen LogP contribution in [0.15, 0.2) is 71.9 Å². The summed E-state index contributed by atoms with van der Waals surface area (Å²) in [6.07, 6.45) is 0. The average Bonchev–Trinajstić information content (AvgIpc) is 3.36. The number of rotatable bonds is 10. The molecular formula is C26H24FN5O5S. The summed E-state index contributed by atoms with van der Waals surface area (Å²) in [5.74, 6) is 0.812. The van der Waals surface area contributed by atoms with E-state index in [2.05, 4.69) is 15.5 Å². The highest BCUT2D eigenvalue weighted by atomic mass is 32.2. The summed E-state index contributed by atoms with van der Waals surface area (Å²) >= 11 is 1.36. The first-order valence-electron chi connectivity index (χ1n) is 11.4. The summed E-state index contributed by atoms with van der Waals surface area (Å²) in [7, 11) is 2.93. The minimum absolute atomic E-state index is 0.0616. The van der Waals surface area contributed by atoms with Gasteiger partial charge in [-0.25, -0.2) is 4.39 Å². The zero-order chi connectivity index (χ0) is 27.2. The number of amides is 1. The van der Waals surface area contributed by atoms with Crippen LogP contribution in [0.25, 0.3) is 5.69 Å². The van der Waals surface area contributed by atoms with E-state index in [-0.39, 0.29) is 17.1 Å². The van der Waals surface area contributed by atoms with E-state index in [0.717, 1.165) is 5.56 Å². The van der Waals surface area contributed by atoms with Crippen molar-refractivity contribution in [2.45, 2.75) is 23.9 Å². The zero-order valence-electron chi connectivity index (χ0n) is 20.8. The molecule has 196 valence electrons. The molecule has 12 heteroatoms. The number of hydrogen-bond donors (Lipinski definition) is 1. The van der Waals surface area contributed by atoms with Crippen molar-refractivity contribution >= 4 is 23.4 Å². The van der Waals surface area contributed by atoms with E-state index in [9.17, 15) is 19.3 Å². The van der Waals surface area contributed by atoms with Crippen molar-refractivity contribution in [1.29, 1.82) is 0 Å². The van der Waals surface area contributed by atoms with Gasteiger partial charge < -0.3 is 14.8 Å². The van der Waals surface area contributed by atoms with Gasteiger partial charge in [0.1, 0.15) is 22.9 Å². The largest absolute Gasteiger partial charge is 0.496 e. The van der Waals surface area contributed by atoms with Gasteiger partial charge in [-0.2, -0.15) is 0 Å². The Labute approximate surface area is 221 Å². The summed E-state index contributed by atoms with van der Waals surface area (Å²) in [4.78, 5) is 23.9. The molecule has 1 aromatic heterocycles. The molecule has 0 aliphatic heterocycles. The monoisotopic (exact) mass is 537 g/mol. The van der Waals surface area contributed by atoms with Gasteiger partial charge in [0.25, 0.3) is 11.6 Å². The van der Waals surface area contributed by atoms with E-state index in [0.29, 0.717) is 33.9 Å². The molecule has 0 aliphatic rings. The predicted molar refractivity (Wildman–Crippen MR) is 139 cm³/mol. The van der Waals surface area contributed by atoms with Gasteiger partial charge >= 0.3 is 0 Å². The fraction of sp³-hybridized carbons (Fsp3) is 0.192. The summed E-state index contributed by atoms with van der Waals surface area (Å²) in [6.45, 7) is 1.75. The van der Waals surface area contributed by atoms with Gasteiger partial charge in [0.05, 0.1) is 25.2 Å². The number of aromatic nitrogens is 3. The van der Waals surface area contributed by atoms with E-state index in [1.165, 1.54) is 50.2 Å². The third-order valence-corrected chi connectivity index (χ3v) is 6.65. The van der Waals surface area contributed by atoms with E-state index in [1.807, 2.05) is 0 Å². The predicted octanol–water partition coefficient (Wildman–Crippen LogP) is 5.12. The first-order valence-corrected chi connectivity index (χ1v) is 12.4. The molecule has 0 aliphatic carbocycles. The Morgan fingerprint density at radius 2 is 1.68 bits per heavy atom. The number of nitrogens with one attached hydrogen (secondary N) is 1. The number of halogens is 1. The van der Waals surface area contributed by atoms with E-state index in [1.54, 1.807) is 54.0 Å². The average molecular weight is 538 g/mol. The first-order chi connectivity index (χ1) is 18.3. The molecule has 3 aromatic carbocycles. The lowest BCUT2D eigenvalue weighted by molar-refractivity contribution is -0.384. The van der Waals surface area contributed by atoms with E-state index >= 15 is 0 Å². The van der Waals surface area contributed by atoms with Crippen LogP contribution in [0.3, 0.4) is 0 Å². The Morgan fingerprint density at radius 1 is 1.05 bits per heavy atom. The summed E-state index contributed by atoms with van der Waals surface area (Å²) in [6, 6.07) is 16.5. The Morgan fingerprint density at radius 3 is 2.26 bits per heavy atom. The molecule has 1 unspecified atom stereocenters. The molecular weight excluding hydrogens is 513 g/mol. The van der Waals surface area contributed by atoms with Crippen LogP contribution in [0.2, 0.25) is 0 Å². The number of nitrogens with zero attached hydrogens (tertiary/aromatic N) is 4. The molecule has 0 saturated heterocycles. The topological polar surface area (TPSA) is 121 Å². The van der Waals surface area contributed by atoms with Crippen molar-refractivity contribution in [3.05, 3.63) is 99.6 Å². The summed E-state index contributed by atoms with van der Waals surface area (Å²) in [5.41, 5.74) is 1.62. The standard InChI is InChI=1S/C26H24FN5O5S/c1-16(28-25(33)23-21(36-2)5-4-6-22(23)37-3)24-29-30-26(38-15-17-7-9-18(27)10-8-17)31(24)19-11-13-20(14-12-19)32(34)35/h4-14,16H,15H2,1-3H3,(H,28,33). The van der Waals surface area contributed by atoms with Crippen LogP contribution in [0, 0.1) is 15.9 Å². The molecule has 4 aromatic rings. The van der Waals surface area contributed by atoms with Crippen molar-refractivity contribution in [3.63, 3.8) is 0 Å². The van der Waals surface area contributed by atoms with Crippen molar-refractivity contribution in [3.8, 4) is 17.2 Å². The quantitative estimate of drug-likeness (QED) is 0.168. The number of benzene rings is 3. The highest BCUT2D eigenvalue weighted by Crippen LogP contribution is 2.31. The second-order valence-electron chi connectivity index (χ2n) is 8.10. The second kappa shape index (κ2) is 11.7. The molecule has 1 amide bonds. The highest BCUT2D eigenvalue weighted by molar-refractivity contribution is 7.98. The maximum Gasteiger partial charge on any atom is 0.269 e. The number of carbonyl (C=O) groups is 1. The number of ether oxygens (including phenoxy) is 2. The third-order valence-electron chi connectivity index (χ3n) is 5.65. The van der Waals surface area contributed by atoms with Gasteiger partial charge in [0.2, 0.25) is 0 Å². The van der Waals surface area contributed by atoms with Gasteiger partial charge in [-0.3, -0.25) is 19.5 Å². The van der Waals surface area contributed by atoms with Crippen LogP contribution in [0.5, 0.6) is 11.5 Å². The molecule has 1 heterocycles. The summed E-state index contributed by atoms with van der Waals surface area (Å²) in [5, 5.41) is 23.2. The molecule has 0 saturated carbocycles. The van der Waals surface area contributed by atoms with Crippen molar-refractivity contribution in [1.82, 2.24) is 20.1 Å². The molecule has 1 N–H and O–H groups in total. The van der Waals surface area contributed by atoms with Crippen LogP contribution in [-0.2, 0) is 5.75 Å². The minimum Gasteiger partial charge on any atom is -0.496 e. The Balaban J connectivity index is 1.67. The lowest BCUT2D eigenvalue weighted by Gasteiger charge is -2.18. The van der Waals surface area contributed by atoms with Crippen LogP contribution in [0.1, 0.15) is 34.7 Å². The normalized spacial score (nSPS) is 11.6. The lowest BCUT2D eigenvalue weighted by Crippen LogP contribution is -2.29. The van der Waals surface area contributed by atoms with Gasteiger partial charge in [0.15, 0.2) is 11.0 Å².